The van der Waals surface area contributed by atoms with E-state index in [1.54, 1.807) is 19.1 Å². The van der Waals surface area contributed by atoms with Crippen molar-refractivity contribution in [3.8, 4) is 0 Å². The van der Waals surface area contributed by atoms with Gasteiger partial charge in [0.15, 0.2) is 0 Å². The van der Waals surface area contributed by atoms with Crippen LogP contribution in [0, 0.1) is 5.92 Å². The SMILES string of the molecule is C[C@@H]1[C@H](C(=O)O)CCCN1S(=O)(=O)c1ccccc1Cl. The molecule has 1 saturated heterocycles. The van der Waals surface area contributed by atoms with Crippen LogP contribution < -0.4 is 0 Å². The molecule has 1 aliphatic rings. The second-order valence-corrected chi connectivity index (χ2v) is 7.14. The van der Waals surface area contributed by atoms with Crippen LogP contribution in [0.25, 0.3) is 0 Å². The summed E-state index contributed by atoms with van der Waals surface area (Å²) in [5, 5.41) is 9.32. The Morgan fingerprint density at radius 1 is 1.40 bits per heavy atom. The molecule has 1 aromatic rings. The summed E-state index contributed by atoms with van der Waals surface area (Å²) in [7, 11) is -3.77. The maximum Gasteiger partial charge on any atom is 0.308 e. The van der Waals surface area contributed by atoms with Gasteiger partial charge < -0.3 is 5.11 Å². The monoisotopic (exact) mass is 317 g/mol. The highest BCUT2D eigenvalue weighted by atomic mass is 35.5. The van der Waals surface area contributed by atoms with Crippen molar-refractivity contribution >= 4 is 27.6 Å². The average Bonchev–Trinajstić information content (AvgIpc) is 2.38. The summed E-state index contributed by atoms with van der Waals surface area (Å²) in [5.74, 6) is -1.64. The van der Waals surface area contributed by atoms with Gasteiger partial charge in [0.25, 0.3) is 0 Å². The Bertz CT molecular complexity index is 617. The van der Waals surface area contributed by atoms with Crippen LogP contribution >= 0.6 is 11.6 Å². The van der Waals surface area contributed by atoms with Crippen LogP contribution in [0.3, 0.4) is 0 Å². The van der Waals surface area contributed by atoms with Gasteiger partial charge in [-0.3, -0.25) is 4.79 Å². The van der Waals surface area contributed by atoms with E-state index in [2.05, 4.69) is 0 Å². The second-order valence-electron chi connectivity index (χ2n) is 4.87. The molecular formula is C13H16ClNO4S. The van der Waals surface area contributed by atoms with Gasteiger partial charge in [-0.05, 0) is 31.9 Å². The molecule has 7 heteroatoms. The first-order chi connectivity index (χ1) is 9.35. The molecule has 5 nitrogen and oxygen atoms in total. The Morgan fingerprint density at radius 2 is 2.05 bits per heavy atom. The minimum absolute atomic E-state index is 0.0274. The number of nitrogens with zero attached hydrogens (tertiary/aromatic N) is 1. The van der Waals surface area contributed by atoms with Gasteiger partial charge >= 0.3 is 5.97 Å². The van der Waals surface area contributed by atoms with E-state index in [0.29, 0.717) is 19.4 Å². The predicted molar refractivity (Wildman–Crippen MR) is 75.2 cm³/mol. The zero-order valence-corrected chi connectivity index (χ0v) is 12.6. The fourth-order valence-electron chi connectivity index (χ4n) is 2.56. The number of benzene rings is 1. The molecule has 20 heavy (non-hydrogen) atoms. The van der Waals surface area contributed by atoms with Crippen molar-refractivity contribution in [3.05, 3.63) is 29.3 Å². The zero-order valence-electron chi connectivity index (χ0n) is 11.0. The molecule has 1 aliphatic heterocycles. The van der Waals surface area contributed by atoms with Crippen LogP contribution in [0.2, 0.25) is 5.02 Å². The largest absolute Gasteiger partial charge is 0.481 e. The maximum absolute atomic E-state index is 12.6. The molecule has 2 rings (SSSR count). The van der Waals surface area contributed by atoms with Crippen molar-refractivity contribution in [2.45, 2.75) is 30.7 Å². The van der Waals surface area contributed by atoms with Crippen molar-refractivity contribution < 1.29 is 18.3 Å². The molecule has 1 heterocycles. The van der Waals surface area contributed by atoms with Gasteiger partial charge in [0, 0.05) is 12.6 Å². The second kappa shape index (κ2) is 5.71. The lowest BCUT2D eigenvalue weighted by molar-refractivity contribution is -0.144. The number of sulfonamides is 1. The number of carboxylic acids is 1. The Morgan fingerprint density at radius 3 is 2.65 bits per heavy atom. The number of carbonyl (C=O) groups is 1. The predicted octanol–water partition coefficient (Wildman–Crippen LogP) is 2.21. The van der Waals surface area contributed by atoms with Crippen LogP contribution in [-0.2, 0) is 14.8 Å². The van der Waals surface area contributed by atoms with E-state index in [0.717, 1.165) is 0 Å². The summed E-state index contributed by atoms with van der Waals surface area (Å²) in [5.41, 5.74) is 0. The molecule has 1 fully saturated rings. The Hall–Kier alpha value is -1.11. The molecule has 0 spiro atoms. The molecule has 2 atom stereocenters. The van der Waals surface area contributed by atoms with Crippen molar-refractivity contribution in [2.24, 2.45) is 5.92 Å². The topological polar surface area (TPSA) is 74.7 Å². The first-order valence-electron chi connectivity index (χ1n) is 6.35. The fourth-order valence-corrected chi connectivity index (χ4v) is 4.76. The molecule has 0 aliphatic carbocycles. The first-order valence-corrected chi connectivity index (χ1v) is 8.16. The molecule has 0 amide bonds. The normalized spacial score (nSPS) is 24.5. The lowest BCUT2D eigenvalue weighted by Gasteiger charge is -2.36. The third kappa shape index (κ3) is 2.68. The molecule has 0 radical (unpaired) electrons. The van der Waals surface area contributed by atoms with Gasteiger partial charge in [0.05, 0.1) is 10.9 Å². The molecule has 1 N–H and O–H groups in total. The summed E-state index contributed by atoms with van der Waals surface area (Å²) in [4.78, 5) is 11.2. The highest BCUT2D eigenvalue weighted by Crippen LogP contribution is 2.31. The van der Waals surface area contributed by atoms with Crippen LogP contribution in [0.15, 0.2) is 29.2 Å². The summed E-state index contributed by atoms with van der Waals surface area (Å²) in [6, 6.07) is 5.62. The van der Waals surface area contributed by atoms with Gasteiger partial charge in [-0.25, -0.2) is 8.42 Å². The van der Waals surface area contributed by atoms with E-state index in [4.69, 9.17) is 16.7 Å². The zero-order chi connectivity index (χ0) is 14.9. The number of hydrogen-bond acceptors (Lipinski definition) is 3. The molecule has 110 valence electrons. The first kappa shape index (κ1) is 15.3. The van der Waals surface area contributed by atoms with Crippen LogP contribution in [0.4, 0.5) is 0 Å². The molecule has 0 unspecified atom stereocenters. The van der Waals surface area contributed by atoms with E-state index >= 15 is 0 Å². The van der Waals surface area contributed by atoms with Gasteiger partial charge in [-0.1, -0.05) is 23.7 Å². The van der Waals surface area contributed by atoms with Crippen molar-refractivity contribution in [1.82, 2.24) is 4.31 Å². The number of hydrogen-bond donors (Lipinski definition) is 1. The Balaban J connectivity index is 2.39. The average molecular weight is 318 g/mol. The maximum atomic E-state index is 12.6. The van der Waals surface area contributed by atoms with Crippen molar-refractivity contribution in [3.63, 3.8) is 0 Å². The molecule has 0 saturated carbocycles. The minimum atomic E-state index is -3.77. The van der Waals surface area contributed by atoms with Crippen LogP contribution in [0.1, 0.15) is 19.8 Å². The number of halogens is 1. The molecule has 1 aromatic carbocycles. The van der Waals surface area contributed by atoms with Gasteiger partial charge in [-0.2, -0.15) is 4.31 Å². The van der Waals surface area contributed by atoms with E-state index in [9.17, 15) is 13.2 Å². The molecule has 0 bridgehead atoms. The smallest absolute Gasteiger partial charge is 0.308 e. The highest BCUT2D eigenvalue weighted by molar-refractivity contribution is 7.89. The number of piperidine rings is 1. The third-order valence-electron chi connectivity index (χ3n) is 3.67. The standard InChI is InChI=1S/C13H16ClNO4S/c1-9-10(13(16)17)5-4-8-15(9)20(18,19)12-7-3-2-6-11(12)14/h2-3,6-7,9-10H,4-5,8H2,1H3,(H,16,17)/t9-,10-/m1/s1. The Labute approximate surface area is 123 Å². The summed E-state index contributed by atoms with van der Waals surface area (Å²) < 4.78 is 26.5. The highest BCUT2D eigenvalue weighted by Gasteiger charge is 2.40. The van der Waals surface area contributed by atoms with Crippen molar-refractivity contribution in [2.75, 3.05) is 6.54 Å². The quantitative estimate of drug-likeness (QED) is 0.927. The van der Waals surface area contributed by atoms with Gasteiger partial charge in [0.2, 0.25) is 10.0 Å². The Kier molecular flexibility index (Phi) is 4.36. The number of carboxylic acid groups (broad SMARTS) is 1. The summed E-state index contributed by atoms with van der Waals surface area (Å²) in [6.45, 7) is 1.95. The number of rotatable bonds is 3. The van der Waals surface area contributed by atoms with E-state index in [1.807, 2.05) is 0 Å². The summed E-state index contributed by atoms with van der Waals surface area (Å²) >= 11 is 5.95. The van der Waals surface area contributed by atoms with E-state index in [1.165, 1.54) is 16.4 Å². The van der Waals surface area contributed by atoms with Crippen LogP contribution in [-0.4, -0.2) is 36.4 Å². The third-order valence-corrected chi connectivity index (χ3v) is 6.16. The summed E-state index contributed by atoms with van der Waals surface area (Å²) in [6.07, 6.45) is 1.02. The van der Waals surface area contributed by atoms with Crippen LogP contribution in [0.5, 0.6) is 0 Å². The number of aliphatic carboxylic acids is 1. The van der Waals surface area contributed by atoms with Gasteiger partial charge in [0.1, 0.15) is 4.90 Å². The fraction of sp³-hybridized carbons (Fsp3) is 0.462. The molecule has 0 aromatic heterocycles. The van der Waals surface area contributed by atoms with Gasteiger partial charge in [-0.15, -0.1) is 0 Å². The minimum Gasteiger partial charge on any atom is -0.481 e. The van der Waals surface area contributed by atoms with Crippen molar-refractivity contribution in [1.29, 1.82) is 0 Å². The van der Waals surface area contributed by atoms with E-state index in [-0.39, 0.29) is 9.92 Å². The van der Waals surface area contributed by atoms with E-state index < -0.39 is 28.0 Å². The molecular weight excluding hydrogens is 302 g/mol. The lowest BCUT2D eigenvalue weighted by atomic mass is 9.92. The lowest BCUT2D eigenvalue weighted by Crippen LogP contribution is -2.49.